The van der Waals surface area contributed by atoms with Gasteiger partial charge in [0.2, 0.25) is 0 Å². The third-order valence-electron chi connectivity index (χ3n) is 5.19. The van der Waals surface area contributed by atoms with Crippen LogP contribution in [0.3, 0.4) is 0 Å². The summed E-state index contributed by atoms with van der Waals surface area (Å²) in [5.41, 5.74) is 3.83. The second-order valence-electron chi connectivity index (χ2n) is 7.21. The number of hydrogen-bond acceptors (Lipinski definition) is 4. The number of hydrogen-bond donors (Lipinski definition) is 4. The molecule has 0 aliphatic carbocycles. The van der Waals surface area contributed by atoms with Crippen molar-refractivity contribution in [1.82, 2.24) is 15.0 Å². The lowest BCUT2D eigenvalue weighted by Crippen LogP contribution is -2.00. The van der Waals surface area contributed by atoms with Crippen LogP contribution in [-0.4, -0.2) is 31.1 Å². The topological polar surface area (TPSA) is 111 Å². The highest BCUT2D eigenvalue weighted by Crippen LogP contribution is 2.35. The molecule has 5 rings (SSSR count). The number of nitrogens with zero attached hydrogens (tertiary/aromatic N) is 1. The number of H-pyrrole nitrogens is 2. The van der Waals surface area contributed by atoms with Crippen LogP contribution in [0.5, 0.6) is 17.6 Å². The van der Waals surface area contributed by atoms with E-state index in [1.54, 1.807) is 31.3 Å². The van der Waals surface area contributed by atoms with Gasteiger partial charge in [0.05, 0.1) is 21.6 Å². The van der Waals surface area contributed by atoms with Gasteiger partial charge >= 0.3 is 5.97 Å². The number of aromatic hydroxyl groups is 1. The van der Waals surface area contributed by atoms with Crippen LogP contribution in [-0.2, 0) is 0 Å². The Morgan fingerprint density at radius 2 is 1.97 bits per heavy atom. The first kappa shape index (κ1) is 19.0. The monoisotopic (exact) mass is 433 g/mol. The van der Waals surface area contributed by atoms with Gasteiger partial charge in [-0.15, -0.1) is 0 Å². The maximum absolute atomic E-state index is 11.4. The number of aromatic amines is 2. The Morgan fingerprint density at radius 3 is 2.77 bits per heavy atom. The van der Waals surface area contributed by atoms with E-state index < -0.39 is 5.97 Å². The quantitative estimate of drug-likeness (QED) is 0.283. The summed E-state index contributed by atoms with van der Waals surface area (Å²) >= 11 is 6.53. The predicted molar refractivity (Wildman–Crippen MR) is 118 cm³/mol. The number of halogens is 1. The molecule has 8 heteroatoms. The average molecular weight is 434 g/mol. The maximum Gasteiger partial charge on any atom is 0.336 e. The summed E-state index contributed by atoms with van der Waals surface area (Å²) < 4.78 is 5.75. The number of aromatic nitrogens is 3. The molecule has 7 nitrogen and oxygen atoms in total. The highest BCUT2D eigenvalue weighted by molar-refractivity contribution is 6.34. The Hall–Kier alpha value is -3.97. The fraction of sp³-hybridized carbons (Fsp3) is 0.0435. The van der Waals surface area contributed by atoms with E-state index in [4.69, 9.17) is 16.3 Å². The summed E-state index contributed by atoms with van der Waals surface area (Å²) in [4.78, 5) is 21.7. The van der Waals surface area contributed by atoms with Gasteiger partial charge in [-0.05, 0) is 54.4 Å². The van der Waals surface area contributed by atoms with Crippen molar-refractivity contribution in [3.63, 3.8) is 0 Å². The molecule has 0 unspecified atom stereocenters. The number of carboxylic acid groups (broad SMARTS) is 1. The number of aromatic carboxylic acids is 1. The van der Waals surface area contributed by atoms with E-state index in [2.05, 4.69) is 15.0 Å². The minimum Gasteiger partial charge on any atom is -0.494 e. The van der Waals surface area contributed by atoms with Crippen molar-refractivity contribution in [3.8, 4) is 28.8 Å². The molecule has 3 aromatic carbocycles. The maximum atomic E-state index is 11.4. The predicted octanol–water partition coefficient (Wildman–Crippen LogP) is 5.87. The normalized spacial score (nSPS) is 11.3. The van der Waals surface area contributed by atoms with Crippen molar-refractivity contribution in [3.05, 3.63) is 70.9 Å². The number of benzene rings is 3. The van der Waals surface area contributed by atoms with Crippen LogP contribution in [0, 0.1) is 6.92 Å². The Labute approximate surface area is 180 Å². The van der Waals surface area contributed by atoms with Gasteiger partial charge in [0, 0.05) is 22.5 Å². The van der Waals surface area contributed by atoms with Gasteiger partial charge in [0.15, 0.2) is 5.88 Å². The van der Waals surface area contributed by atoms with Gasteiger partial charge in [0.25, 0.3) is 6.01 Å². The van der Waals surface area contributed by atoms with E-state index in [9.17, 15) is 15.0 Å². The molecule has 0 saturated heterocycles. The molecule has 0 aliphatic rings. The van der Waals surface area contributed by atoms with Crippen LogP contribution in [0.4, 0.5) is 0 Å². The molecule has 0 bridgehead atoms. The molecule has 0 amide bonds. The Morgan fingerprint density at radius 1 is 1.13 bits per heavy atom. The zero-order valence-electron chi connectivity index (χ0n) is 16.2. The number of carbonyl (C=O) groups is 1. The molecule has 2 heterocycles. The largest absolute Gasteiger partial charge is 0.494 e. The first-order valence-electron chi connectivity index (χ1n) is 9.40. The molecule has 0 spiro atoms. The van der Waals surface area contributed by atoms with Crippen molar-refractivity contribution in [2.24, 2.45) is 0 Å². The van der Waals surface area contributed by atoms with Gasteiger partial charge in [-0.2, -0.15) is 4.98 Å². The summed E-state index contributed by atoms with van der Waals surface area (Å²) in [6.07, 6.45) is 1.73. The van der Waals surface area contributed by atoms with Gasteiger partial charge < -0.3 is 24.9 Å². The molecule has 2 aromatic heterocycles. The summed E-state index contributed by atoms with van der Waals surface area (Å²) in [7, 11) is 0. The molecule has 4 N–H and O–H groups in total. The molecule has 0 radical (unpaired) electrons. The molecular weight excluding hydrogens is 418 g/mol. The lowest BCUT2D eigenvalue weighted by molar-refractivity contribution is 0.0695. The number of aryl methyl sites for hydroxylation is 1. The molecule has 31 heavy (non-hydrogen) atoms. The SMILES string of the molecule is Cc1ccc(Oc2nc3cc(-c4ccc5c(O)[nH]cc5c4)c(Cl)cc3[nH]2)cc1C(=O)O. The molecule has 0 saturated carbocycles. The van der Waals surface area contributed by atoms with E-state index in [-0.39, 0.29) is 17.5 Å². The minimum absolute atomic E-state index is 0.124. The summed E-state index contributed by atoms with van der Waals surface area (Å²) in [5, 5.41) is 21.2. The molecule has 5 aromatic rings. The second-order valence-corrected chi connectivity index (χ2v) is 7.62. The van der Waals surface area contributed by atoms with Gasteiger partial charge in [-0.3, -0.25) is 0 Å². The first-order valence-corrected chi connectivity index (χ1v) is 9.78. The smallest absolute Gasteiger partial charge is 0.336 e. The van der Waals surface area contributed by atoms with E-state index >= 15 is 0 Å². The number of rotatable bonds is 4. The second kappa shape index (κ2) is 7.07. The van der Waals surface area contributed by atoms with Crippen molar-refractivity contribution in [1.29, 1.82) is 0 Å². The van der Waals surface area contributed by atoms with E-state index in [1.165, 1.54) is 6.07 Å². The van der Waals surface area contributed by atoms with Crippen LogP contribution in [0.2, 0.25) is 5.02 Å². The lowest BCUT2D eigenvalue weighted by Gasteiger charge is -2.05. The Balaban J connectivity index is 1.52. The summed E-state index contributed by atoms with van der Waals surface area (Å²) in [6.45, 7) is 1.73. The molecule has 0 atom stereocenters. The van der Waals surface area contributed by atoms with E-state index in [1.807, 2.05) is 24.3 Å². The van der Waals surface area contributed by atoms with E-state index in [0.717, 1.165) is 21.9 Å². The van der Waals surface area contributed by atoms with Crippen LogP contribution in [0.1, 0.15) is 15.9 Å². The minimum atomic E-state index is -1.02. The fourth-order valence-electron chi connectivity index (χ4n) is 3.57. The number of carboxylic acids is 1. The van der Waals surface area contributed by atoms with Crippen LogP contribution in [0.25, 0.3) is 32.9 Å². The van der Waals surface area contributed by atoms with Crippen LogP contribution in [0.15, 0.2) is 54.7 Å². The zero-order chi connectivity index (χ0) is 21.7. The standard InChI is InChI=1S/C23H16ClN3O4/c1-11-2-4-14(7-16(11)22(29)30)31-23-26-19-8-17(18(24)9-20(19)27-23)12-3-5-15-13(6-12)10-25-21(15)28/h2-10,25,28H,1H3,(H,26,27)(H,29,30). The van der Waals surface area contributed by atoms with Crippen molar-refractivity contribution in [2.75, 3.05) is 0 Å². The summed E-state index contributed by atoms with van der Waals surface area (Å²) in [5.74, 6) is -0.526. The highest BCUT2D eigenvalue weighted by atomic mass is 35.5. The van der Waals surface area contributed by atoms with Gasteiger partial charge in [0.1, 0.15) is 5.75 Å². The van der Waals surface area contributed by atoms with E-state index in [0.29, 0.717) is 27.4 Å². The highest BCUT2D eigenvalue weighted by Gasteiger charge is 2.14. The van der Waals surface area contributed by atoms with Gasteiger partial charge in [-0.1, -0.05) is 23.7 Å². The first-order chi connectivity index (χ1) is 14.9. The van der Waals surface area contributed by atoms with Crippen molar-refractivity contribution >= 4 is 39.4 Å². The number of imidazole rings is 1. The molecular formula is C23H16ClN3O4. The molecule has 0 fully saturated rings. The van der Waals surface area contributed by atoms with Crippen LogP contribution < -0.4 is 4.74 Å². The fourth-order valence-corrected chi connectivity index (χ4v) is 3.85. The summed E-state index contributed by atoms with van der Waals surface area (Å²) in [6, 6.07) is 14.3. The third kappa shape index (κ3) is 3.35. The van der Waals surface area contributed by atoms with Crippen molar-refractivity contribution in [2.45, 2.75) is 6.92 Å². The van der Waals surface area contributed by atoms with Crippen LogP contribution >= 0.6 is 11.6 Å². The Kier molecular flexibility index (Phi) is 4.34. The third-order valence-corrected chi connectivity index (χ3v) is 5.50. The van der Waals surface area contributed by atoms with Crippen molar-refractivity contribution < 1.29 is 19.7 Å². The average Bonchev–Trinajstić information content (AvgIpc) is 3.30. The number of nitrogens with one attached hydrogen (secondary N) is 2. The molecule has 0 aliphatic heterocycles. The number of fused-ring (bicyclic) bond motifs is 2. The van der Waals surface area contributed by atoms with Gasteiger partial charge in [-0.25, -0.2) is 4.79 Å². The molecule has 154 valence electrons. The number of ether oxygens (including phenoxy) is 1. The zero-order valence-corrected chi connectivity index (χ0v) is 17.0. The Bertz CT molecular complexity index is 1490. The lowest BCUT2D eigenvalue weighted by atomic mass is 10.0.